The van der Waals surface area contributed by atoms with Gasteiger partial charge in [-0.2, -0.15) is 0 Å². The van der Waals surface area contributed by atoms with Crippen LogP contribution in [0.25, 0.3) is 0 Å². The van der Waals surface area contributed by atoms with Gasteiger partial charge >= 0.3 is 59.1 Å². The van der Waals surface area contributed by atoms with Crippen molar-refractivity contribution >= 4 is 7.82 Å². The SMILES string of the molecule is O.O.O.O.O.O.O.O.O.O.O=P([O-])([O-])O.[Na+].[Na+]. The molecule has 14 nitrogen and oxygen atoms in total. The Morgan fingerprint density at radius 1 is 0.588 bits per heavy atom. The molecule has 0 saturated carbocycles. The molecule has 0 saturated heterocycles. The van der Waals surface area contributed by atoms with E-state index in [0.29, 0.717) is 0 Å². The Morgan fingerprint density at radius 2 is 0.588 bits per heavy atom. The molecule has 0 unspecified atom stereocenters. The van der Waals surface area contributed by atoms with Gasteiger partial charge in [0.1, 0.15) is 0 Å². The van der Waals surface area contributed by atoms with Crippen molar-refractivity contribution in [2.24, 2.45) is 0 Å². The summed E-state index contributed by atoms with van der Waals surface area (Å²) < 4.78 is 8.66. The number of phosphoric acid groups is 1. The minimum absolute atomic E-state index is 0. The summed E-state index contributed by atoms with van der Waals surface area (Å²) in [6, 6.07) is 0. The van der Waals surface area contributed by atoms with Gasteiger partial charge in [0.2, 0.25) is 0 Å². The van der Waals surface area contributed by atoms with Crippen LogP contribution in [-0.2, 0) is 4.57 Å². The first-order chi connectivity index (χ1) is 2.00. The van der Waals surface area contributed by atoms with E-state index in [0.717, 1.165) is 0 Å². The van der Waals surface area contributed by atoms with Crippen LogP contribution < -0.4 is 68.9 Å². The molecule has 0 atom stereocenters. The molecule has 0 bridgehead atoms. The van der Waals surface area contributed by atoms with Gasteiger partial charge in [0, 0.05) is 0 Å². The zero-order chi connectivity index (χ0) is 4.50. The van der Waals surface area contributed by atoms with E-state index in [-0.39, 0.29) is 114 Å². The Morgan fingerprint density at radius 3 is 0.588 bits per heavy atom. The number of rotatable bonds is 0. The van der Waals surface area contributed by atoms with Crippen molar-refractivity contribution in [3.63, 3.8) is 0 Å². The maximum atomic E-state index is 8.66. The topological polar surface area (TPSA) is 398 Å². The van der Waals surface area contributed by atoms with E-state index in [1.165, 1.54) is 0 Å². The molecule has 0 aliphatic rings. The normalized spacial score (nSPS) is 3.47. The minimum atomic E-state index is -5.14. The van der Waals surface area contributed by atoms with E-state index < -0.39 is 7.82 Å². The number of hydrogen-bond acceptors (Lipinski definition) is 3. The summed E-state index contributed by atoms with van der Waals surface area (Å²) in [6.07, 6.45) is 0. The van der Waals surface area contributed by atoms with Crippen molar-refractivity contribution in [1.82, 2.24) is 0 Å². The van der Waals surface area contributed by atoms with Gasteiger partial charge in [0.25, 0.3) is 0 Å². The average molecular weight is 322 g/mol. The van der Waals surface area contributed by atoms with Crippen LogP contribution in [0.5, 0.6) is 0 Å². The average Bonchev–Trinajstić information content (AvgIpc) is 0.722. The first-order valence-electron chi connectivity index (χ1n) is 0.748. The van der Waals surface area contributed by atoms with E-state index in [9.17, 15) is 0 Å². The van der Waals surface area contributed by atoms with Gasteiger partial charge in [-0.05, 0) is 0 Å². The van der Waals surface area contributed by atoms with E-state index >= 15 is 0 Å². The van der Waals surface area contributed by atoms with Crippen LogP contribution in [0.4, 0.5) is 0 Å². The van der Waals surface area contributed by atoms with Crippen LogP contribution in [0.15, 0.2) is 0 Å². The molecule has 112 valence electrons. The molecule has 0 fully saturated rings. The number of hydrogen-bond donors (Lipinski definition) is 1. The van der Waals surface area contributed by atoms with Gasteiger partial charge in [-0.1, -0.05) is 0 Å². The third-order valence-corrected chi connectivity index (χ3v) is 0. The fraction of sp³-hybridized carbons (Fsp3) is 0. The summed E-state index contributed by atoms with van der Waals surface area (Å²) >= 11 is 0. The zero-order valence-corrected chi connectivity index (χ0v) is 14.0. The molecule has 21 N–H and O–H groups in total. The quantitative estimate of drug-likeness (QED) is 0.334. The third kappa shape index (κ3) is 1490. The molecule has 0 heterocycles. The Hall–Kier alpha value is 1.71. The molecule has 0 spiro atoms. The van der Waals surface area contributed by atoms with Crippen molar-refractivity contribution < 1.29 is 133 Å². The fourth-order valence-electron chi connectivity index (χ4n) is 0. The summed E-state index contributed by atoms with van der Waals surface area (Å²) in [5.41, 5.74) is 0. The predicted molar refractivity (Wildman–Crippen MR) is 46.0 cm³/mol. The van der Waals surface area contributed by atoms with Crippen LogP contribution in [0.2, 0.25) is 0 Å². The van der Waals surface area contributed by atoms with Crippen LogP contribution in [0.1, 0.15) is 0 Å². The van der Waals surface area contributed by atoms with Crippen LogP contribution in [-0.4, -0.2) is 59.7 Å². The van der Waals surface area contributed by atoms with Crippen LogP contribution in [0.3, 0.4) is 0 Å². The summed E-state index contributed by atoms with van der Waals surface area (Å²) in [5.74, 6) is 0. The maximum Gasteiger partial charge on any atom is 1.00 e. The summed E-state index contributed by atoms with van der Waals surface area (Å²) in [7, 11) is -5.14. The van der Waals surface area contributed by atoms with Gasteiger partial charge in [-0.15, -0.1) is 0 Å². The molecular weight excluding hydrogens is 301 g/mol. The first-order valence-corrected chi connectivity index (χ1v) is 2.24. The van der Waals surface area contributed by atoms with Crippen molar-refractivity contribution in [1.29, 1.82) is 0 Å². The first kappa shape index (κ1) is 180. The van der Waals surface area contributed by atoms with Gasteiger partial charge in [0.15, 0.2) is 0 Å². The molecule has 0 aliphatic heterocycles. The van der Waals surface area contributed by atoms with Gasteiger partial charge in [-0.3, -0.25) is 0 Å². The second-order valence-corrected chi connectivity index (χ2v) is 1.41. The van der Waals surface area contributed by atoms with Crippen molar-refractivity contribution in [2.45, 2.75) is 0 Å². The largest absolute Gasteiger partial charge is 1.00 e. The standard InChI is InChI=1S/2Na.H3O4P.10H2O/c;;1-5(2,3)4;;;;;;;;;;/h;;(H3,1,2,3,4);10*1H2/q2*+1;;;;;;;;;;;/p-2. The molecule has 0 aliphatic carbocycles. The Labute approximate surface area is 140 Å². The van der Waals surface area contributed by atoms with Gasteiger partial charge in [-0.25, -0.2) is 0 Å². The van der Waals surface area contributed by atoms with Crippen LogP contribution in [0, 0.1) is 0 Å². The minimum Gasteiger partial charge on any atom is -0.790 e. The maximum absolute atomic E-state index is 8.66. The second kappa shape index (κ2) is 83.2. The zero-order valence-electron chi connectivity index (χ0n) is 9.12. The summed E-state index contributed by atoms with van der Waals surface area (Å²) in [5, 5.41) is 0. The molecule has 0 aromatic heterocycles. The Kier molecular flexibility index (Phi) is 881. The summed E-state index contributed by atoms with van der Waals surface area (Å²) in [6.45, 7) is 0. The molecular formula is H21Na2O14P. The fourth-order valence-corrected chi connectivity index (χ4v) is 0. The Bertz CT molecular complexity index is 60.4. The van der Waals surface area contributed by atoms with Crippen molar-refractivity contribution in [3.05, 3.63) is 0 Å². The van der Waals surface area contributed by atoms with Crippen molar-refractivity contribution in [2.75, 3.05) is 0 Å². The monoisotopic (exact) mass is 322 g/mol. The smallest absolute Gasteiger partial charge is 0.790 e. The molecule has 17 heavy (non-hydrogen) atoms. The van der Waals surface area contributed by atoms with E-state index in [1.54, 1.807) is 0 Å². The molecule has 0 amide bonds. The molecule has 0 aromatic carbocycles. The van der Waals surface area contributed by atoms with Gasteiger partial charge < -0.3 is 74.0 Å². The van der Waals surface area contributed by atoms with E-state index in [4.69, 9.17) is 19.2 Å². The molecule has 0 aromatic rings. The second-order valence-electron chi connectivity index (χ2n) is 0.469. The molecule has 0 radical (unpaired) electrons. The molecule has 17 heteroatoms. The van der Waals surface area contributed by atoms with Crippen LogP contribution >= 0.6 is 7.82 Å². The molecule has 0 rings (SSSR count). The third-order valence-electron chi connectivity index (χ3n) is 0. The predicted octanol–water partition coefficient (Wildman–Crippen LogP) is -16.4. The summed E-state index contributed by atoms with van der Waals surface area (Å²) in [4.78, 5) is 24.3. The van der Waals surface area contributed by atoms with E-state index in [2.05, 4.69) is 0 Å². The Balaban J connectivity index is -0.00000000121. The van der Waals surface area contributed by atoms with Gasteiger partial charge in [0.05, 0.1) is 7.82 Å². The van der Waals surface area contributed by atoms with E-state index in [1.807, 2.05) is 0 Å². The van der Waals surface area contributed by atoms with Crippen molar-refractivity contribution in [3.8, 4) is 0 Å².